The molecule has 0 aliphatic heterocycles. The fraction of sp³-hybridized carbons (Fsp3) is 0.250. The van der Waals surface area contributed by atoms with Crippen LogP contribution in [-0.2, 0) is 0 Å². The molecule has 0 amide bonds. The highest BCUT2D eigenvalue weighted by Gasteiger charge is 2.12. The maximum Gasteiger partial charge on any atom is 0.119 e. The Morgan fingerprint density at radius 1 is 1.05 bits per heavy atom. The molecule has 1 N–H and O–H groups in total. The van der Waals surface area contributed by atoms with Crippen LogP contribution in [-0.4, -0.2) is 5.11 Å². The van der Waals surface area contributed by atoms with Crippen molar-refractivity contribution in [2.45, 2.75) is 36.5 Å². The number of hydrogen-bond donors (Lipinski definition) is 1. The van der Waals surface area contributed by atoms with Gasteiger partial charge in [0.15, 0.2) is 0 Å². The Balaban J connectivity index is 2.40. The second-order valence-electron chi connectivity index (χ2n) is 5.01. The predicted molar refractivity (Wildman–Crippen MR) is 87.5 cm³/mol. The molecule has 20 heavy (non-hydrogen) atoms. The summed E-state index contributed by atoms with van der Waals surface area (Å²) in [4.78, 5) is 2.05. The van der Waals surface area contributed by atoms with Gasteiger partial charge in [0.2, 0.25) is 0 Å². The zero-order chi connectivity index (χ0) is 14.9. The van der Waals surface area contributed by atoms with Gasteiger partial charge in [-0.15, -0.1) is 0 Å². The van der Waals surface area contributed by atoms with Crippen LogP contribution in [0.3, 0.4) is 0 Å². The molecule has 0 aliphatic rings. The van der Waals surface area contributed by atoms with E-state index >= 15 is 0 Å². The van der Waals surface area contributed by atoms with Gasteiger partial charge in [-0.25, -0.2) is 0 Å². The third kappa shape index (κ3) is 3.43. The van der Waals surface area contributed by atoms with Gasteiger partial charge in [0, 0.05) is 14.8 Å². The summed E-state index contributed by atoms with van der Waals surface area (Å²) in [5, 5.41) is 11.3. The summed E-state index contributed by atoms with van der Waals surface area (Å²) in [6, 6.07) is 9.32. The van der Waals surface area contributed by atoms with Crippen LogP contribution in [0.1, 0.15) is 30.9 Å². The van der Waals surface area contributed by atoms with E-state index in [-0.39, 0.29) is 5.92 Å². The quantitative estimate of drug-likeness (QED) is 0.715. The minimum atomic E-state index is 0.274. The van der Waals surface area contributed by atoms with E-state index in [0.29, 0.717) is 15.8 Å². The molecule has 2 aromatic rings. The van der Waals surface area contributed by atoms with Gasteiger partial charge >= 0.3 is 0 Å². The van der Waals surface area contributed by atoms with Gasteiger partial charge in [0.1, 0.15) is 5.75 Å². The van der Waals surface area contributed by atoms with Crippen molar-refractivity contribution in [2.24, 2.45) is 0 Å². The number of phenols is 1. The molecular weight excluding hydrogens is 311 g/mol. The van der Waals surface area contributed by atoms with Crippen LogP contribution in [0.5, 0.6) is 5.75 Å². The van der Waals surface area contributed by atoms with E-state index in [2.05, 4.69) is 13.8 Å². The Bertz CT molecular complexity index is 639. The summed E-state index contributed by atoms with van der Waals surface area (Å²) in [6.45, 7) is 6.11. The van der Waals surface area contributed by atoms with Crippen LogP contribution in [0.4, 0.5) is 0 Å². The molecule has 0 heterocycles. The largest absolute Gasteiger partial charge is 0.508 e. The molecule has 0 aliphatic carbocycles. The summed E-state index contributed by atoms with van der Waals surface area (Å²) in [5.41, 5.74) is 1.98. The molecule has 1 nitrogen and oxygen atoms in total. The predicted octanol–water partition coefficient (Wildman–Crippen LogP) is 6.28. The summed E-state index contributed by atoms with van der Waals surface area (Å²) < 4.78 is 0. The Morgan fingerprint density at radius 2 is 1.75 bits per heavy atom. The Hall–Kier alpha value is -0.830. The van der Waals surface area contributed by atoms with Crippen LogP contribution in [0.2, 0.25) is 10.0 Å². The number of halogens is 2. The molecule has 0 radical (unpaired) electrons. The summed E-state index contributed by atoms with van der Waals surface area (Å²) in [5.74, 6) is 0.625. The van der Waals surface area contributed by atoms with Crippen LogP contribution < -0.4 is 0 Å². The number of aryl methyl sites for hydroxylation is 1. The minimum Gasteiger partial charge on any atom is -0.508 e. The van der Waals surface area contributed by atoms with Crippen molar-refractivity contribution in [3.05, 3.63) is 51.5 Å². The fourth-order valence-electron chi connectivity index (χ4n) is 1.94. The van der Waals surface area contributed by atoms with Gasteiger partial charge in [-0.2, -0.15) is 0 Å². The van der Waals surface area contributed by atoms with Crippen LogP contribution in [0, 0.1) is 6.92 Å². The molecule has 0 unspecified atom stereocenters. The molecule has 0 bridgehead atoms. The van der Waals surface area contributed by atoms with Gasteiger partial charge in [-0.05, 0) is 54.3 Å². The second kappa shape index (κ2) is 6.30. The van der Waals surface area contributed by atoms with Gasteiger partial charge in [0.05, 0.1) is 5.02 Å². The maximum absolute atomic E-state index is 9.99. The lowest BCUT2D eigenvalue weighted by Gasteiger charge is -2.14. The van der Waals surface area contributed by atoms with Crippen LogP contribution >= 0.6 is 35.0 Å². The van der Waals surface area contributed by atoms with E-state index in [9.17, 15) is 5.11 Å². The SMILES string of the molecule is Cc1cc(O)c(C(C)C)cc1Sc1ccc(Cl)cc1Cl. The van der Waals surface area contributed by atoms with Gasteiger partial charge in [0.25, 0.3) is 0 Å². The Kier molecular flexibility index (Phi) is 4.90. The highest BCUT2D eigenvalue weighted by atomic mass is 35.5. The zero-order valence-electron chi connectivity index (χ0n) is 11.6. The second-order valence-corrected chi connectivity index (χ2v) is 6.94. The summed E-state index contributed by atoms with van der Waals surface area (Å²) in [7, 11) is 0. The van der Waals surface area contributed by atoms with Crippen molar-refractivity contribution in [3.63, 3.8) is 0 Å². The van der Waals surface area contributed by atoms with E-state index in [1.54, 1.807) is 17.8 Å². The first-order valence-corrected chi connectivity index (χ1v) is 7.92. The third-order valence-electron chi connectivity index (χ3n) is 3.06. The lowest BCUT2D eigenvalue weighted by atomic mass is 10.0. The molecule has 0 saturated carbocycles. The number of hydrogen-bond acceptors (Lipinski definition) is 2. The van der Waals surface area contributed by atoms with Crippen molar-refractivity contribution in [2.75, 3.05) is 0 Å². The van der Waals surface area contributed by atoms with Crippen molar-refractivity contribution in [1.29, 1.82) is 0 Å². The molecule has 2 rings (SSSR count). The first-order chi connectivity index (χ1) is 9.38. The van der Waals surface area contributed by atoms with Crippen molar-refractivity contribution in [3.8, 4) is 5.75 Å². The summed E-state index contributed by atoms with van der Waals surface area (Å²) in [6.07, 6.45) is 0. The molecule has 0 saturated heterocycles. The van der Waals surface area contributed by atoms with E-state index in [4.69, 9.17) is 23.2 Å². The van der Waals surface area contributed by atoms with Gasteiger partial charge in [-0.1, -0.05) is 48.8 Å². The number of rotatable bonds is 3. The third-order valence-corrected chi connectivity index (χ3v) is 4.96. The topological polar surface area (TPSA) is 20.2 Å². The van der Waals surface area contributed by atoms with Crippen molar-refractivity contribution < 1.29 is 5.11 Å². The number of benzene rings is 2. The van der Waals surface area contributed by atoms with E-state index in [1.807, 2.05) is 31.2 Å². The number of aromatic hydroxyl groups is 1. The Labute approximate surface area is 133 Å². The van der Waals surface area contributed by atoms with Gasteiger partial charge in [-0.3, -0.25) is 0 Å². The van der Waals surface area contributed by atoms with E-state index in [0.717, 1.165) is 20.9 Å². The first kappa shape index (κ1) is 15.6. The highest BCUT2D eigenvalue weighted by Crippen LogP contribution is 2.39. The van der Waals surface area contributed by atoms with E-state index < -0.39 is 0 Å². The Morgan fingerprint density at radius 3 is 2.35 bits per heavy atom. The molecule has 106 valence electrons. The van der Waals surface area contributed by atoms with Crippen molar-refractivity contribution >= 4 is 35.0 Å². The van der Waals surface area contributed by atoms with Crippen molar-refractivity contribution in [1.82, 2.24) is 0 Å². The molecular formula is C16H16Cl2OS. The first-order valence-electron chi connectivity index (χ1n) is 6.35. The summed E-state index contributed by atoms with van der Waals surface area (Å²) >= 11 is 13.7. The lowest BCUT2D eigenvalue weighted by Crippen LogP contribution is -1.91. The lowest BCUT2D eigenvalue weighted by molar-refractivity contribution is 0.463. The monoisotopic (exact) mass is 326 g/mol. The number of phenolic OH excluding ortho intramolecular Hbond substituents is 1. The zero-order valence-corrected chi connectivity index (χ0v) is 13.9. The molecule has 0 aromatic heterocycles. The molecule has 0 spiro atoms. The smallest absolute Gasteiger partial charge is 0.119 e. The van der Waals surface area contributed by atoms with Crippen LogP contribution in [0.25, 0.3) is 0 Å². The fourth-order valence-corrected chi connectivity index (χ4v) is 3.40. The molecule has 4 heteroatoms. The highest BCUT2D eigenvalue weighted by molar-refractivity contribution is 7.99. The molecule has 2 aromatic carbocycles. The maximum atomic E-state index is 9.99. The van der Waals surface area contributed by atoms with E-state index in [1.165, 1.54) is 0 Å². The standard InChI is InChI=1S/C16H16Cl2OS/c1-9(2)12-8-16(10(3)6-14(12)19)20-15-5-4-11(17)7-13(15)18/h4-9,19H,1-3H3. The molecule has 0 fully saturated rings. The normalized spacial score (nSPS) is 11.1. The minimum absolute atomic E-state index is 0.274. The molecule has 0 atom stereocenters. The average molecular weight is 327 g/mol. The average Bonchev–Trinajstić information content (AvgIpc) is 2.35. The van der Waals surface area contributed by atoms with Gasteiger partial charge < -0.3 is 5.11 Å². The van der Waals surface area contributed by atoms with Crippen LogP contribution in [0.15, 0.2) is 40.1 Å².